The van der Waals surface area contributed by atoms with Gasteiger partial charge in [0.15, 0.2) is 11.5 Å². The van der Waals surface area contributed by atoms with Crippen LogP contribution in [0.3, 0.4) is 0 Å². The lowest BCUT2D eigenvalue weighted by molar-refractivity contribution is 0.0939. The number of hydrogen-bond donors (Lipinski definition) is 1. The van der Waals surface area contributed by atoms with Gasteiger partial charge in [0, 0.05) is 5.56 Å². The summed E-state index contributed by atoms with van der Waals surface area (Å²) in [6, 6.07) is 15.0. The first-order valence-electron chi connectivity index (χ1n) is 9.77. The summed E-state index contributed by atoms with van der Waals surface area (Å²) in [5, 5.41) is 7.12. The van der Waals surface area contributed by atoms with Gasteiger partial charge in [-0.15, -0.1) is 0 Å². The molecule has 152 valence electrons. The van der Waals surface area contributed by atoms with E-state index in [9.17, 15) is 4.79 Å². The minimum Gasteiger partial charge on any atom is -0.490 e. The Balaban J connectivity index is 1.83. The smallest absolute Gasteiger partial charge is 0.257 e. The first-order chi connectivity index (χ1) is 14.0. The summed E-state index contributed by atoms with van der Waals surface area (Å²) in [6.07, 6.45) is 0. The van der Waals surface area contributed by atoms with Gasteiger partial charge in [0.1, 0.15) is 17.0 Å². The second-order valence-corrected chi connectivity index (χ2v) is 6.60. The number of aromatic nitrogens is 1. The lowest BCUT2D eigenvalue weighted by Crippen LogP contribution is -2.27. The zero-order valence-corrected chi connectivity index (χ0v) is 17.2. The predicted octanol–water partition coefficient (Wildman–Crippen LogP) is 4.94. The van der Waals surface area contributed by atoms with Crippen molar-refractivity contribution in [3.05, 3.63) is 65.4 Å². The van der Waals surface area contributed by atoms with Crippen LogP contribution in [0.15, 0.2) is 53.1 Å². The zero-order valence-electron chi connectivity index (χ0n) is 17.2. The number of carbonyl (C=O) groups excluding carboxylic acids is 1. The third kappa shape index (κ3) is 4.59. The first kappa shape index (κ1) is 20.5. The molecular weight excluding hydrogens is 368 g/mol. The molecule has 1 atom stereocenters. The highest BCUT2D eigenvalue weighted by atomic mass is 16.5. The van der Waals surface area contributed by atoms with Crippen molar-refractivity contribution in [1.29, 1.82) is 0 Å². The maximum absolute atomic E-state index is 13.0. The maximum Gasteiger partial charge on any atom is 0.257 e. The van der Waals surface area contributed by atoms with Gasteiger partial charge in [-0.1, -0.05) is 41.6 Å². The molecule has 1 heterocycles. The molecule has 0 bridgehead atoms. The largest absolute Gasteiger partial charge is 0.490 e. The molecule has 0 aliphatic carbocycles. The number of amides is 1. The molecule has 0 saturated heterocycles. The fourth-order valence-corrected chi connectivity index (χ4v) is 3.12. The summed E-state index contributed by atoms with van der Waals surface area (Å²) in [5.74, 6) is 1.61. The van der Waals surface area contributed by atoms with Crippen molar-refractivity contribution in [2.75, 3.05) is 13.2 Å². The van der Waals surface area contributed by atoms with Crippen LogP contribution in [0, 0.1) is 6.92 Å². The highest BCUT2D eigenvalue weighted by Crippen LogP contribution is 2.31. The highest BCUT2D eigenvalue weighted by molar-refractivity contribution is 6.00. The van der Waals surface area contributed by atoms with Gasteiger partial charge in [-0.2, -0.15) is 0 Å². The zero-order chi connectivity index (χ0) is 20.8. The molecule has 6 heteroatoms. The van der Waals surface area contributed by atoms with Gasteiger partial charge in [0.05, 0.1) is 19.3 Å². The minimum atomic E-state index is -0.240. The van der Waals surface area contributed by atoms with E-state index in [0.29, 0.717) is 41.7 Å². The van der Waals surface area contributed by atoms with Gasteiger partial charge in [-0.3, -0.25) is 4.79 Å². The van der Waals surface area contributed by atoms with E-state index in [1.54, 1.807) is 6.92 Å². The normalized spacial score (nSPS) is 11.7. The van der Waals surface area contributed by atoms with Gasteiger partial charge < -0.3 is 19.3 Å². The highest BCUT2D eigenvalue weighted by Gasteiger charge is 2.23. The van der Waals surface area contributed by atoms with Crippen LogP contribution in [0.1, 0.15) is 48.5 Å². The van der Waals surface area contributed by atoms with Crippen LogP contribution in [-0.2, 0) is 0 Å². The van der Waals surface area contributed by atoms with Crippen molar-refractivity contribution >= 4 is 5.91 Å². The SMILES string of the molecule is CCOc1ccc([C@@H](C)NC(=O)c2c(-c3ccccc3)noc2C)cc1OCC. The number of nitrogens with zero attached hydrogens (tertiary/aromatic N) is 1. The Morgan fingerprint density at radius 2 is 1.76 bits per heavy atom. The van der Waals surface area contributed by atoms with E-state index < -0.39 is 0 Å². The molecule has 0 fully saturated rings. The molecule has 0 aliphatic rings. The van der Waals surface area contributed by atoms with Crippen LogP contribution < -0.4 is 14.8 Å². The van der Waals surface area contributed by atoms with Crippen LogP contribution in [0.4, 0.5) is 0 Å². The molecule has 6 nitrogen and oxygen atoms in total. The molecule has 1 N–H and O–H groups in total. The van der Waals surface area contributed by atoms with E-state index in [4.69, 9.17) is 14.0 Å². The number of aryl methyl sites for hydroxylation is 1. The fourth-order valence-electron chi connectivity index (χ4n) is 3.12. The molecule has 0 saturated carbocycles. The molecule has 1 amide bonds. The molecule has 2 aromatic carbocycles. The first-order valence-corrected chi connectivity index (χ1v) is 9.77. The second kappa shape index (κ2) is 9.28. The Hall–Kier alpha value is -3.28. The molecule has 3 rings (SSSR count). The van der Waals surface area contributed by atoms with E-state index in [2.05, 4.69) is 10.5 Å². The number of carbonyl (C=O) groups is 1. The molecular formula is C23H26N2O4. The van der Waals surface area contributed by atoms with Crippen LogP contribution in [0.2, 0.25) is 0 Å². The Morgan fingerprint density at radius 1 is 1.07 bits per heavy atom. The number of nitrogens with one attached hydrogen (secondary N) is 1. The Labute approximate surface area is 170 Å². The van der Waals surface area contributed by atoms with Gasteiger partial charge in [0.25, 0.3) is 5.91 Å². The molecule has 0 spiro atoms. The van der Waals surface area contributed by atoms with Crippen LogP contribution in [0.25, 0.3) is 11.3 Å². The molecule has 1 aromatic heterocycles. The number of rotatable bonds is 8. The van der Waals surface area contributed by atoms with Crippen LogP contribution >= 0.6 is 0 Å². The molecule has 0 unspecified atom stereocenters. The molecule has 29 heavy (non-hydrogen) atoms. The van der Waals surface area contributed by atoms with Crippen molar-refractivity contribution in [1.82, 2.24) is 10.5 Å². The van der Waals surface area contributed by atoms with E-state index in [0.717, 1.165) is 11.1 Å². The maximum atomic E-state index is 13.0. The standard InChI is InChI=1S/C23H26N2O4/c1-5-27-19-13-12-18(14-20(19)28-6-2)15(3)24-23(26)21-16(4)29-25-22(21)17-10-8-7-9-11-17/h7-15H,5-6H2,1-4H3,(H,24,26)/t15-/m1/s1. The summed E-state index contributed by atoms with van der Waals surface area (Å²) in [5.41, 5.74) is 2.73. The van der Waals surface area contributed by atoms with Crippen molar-refractivity contribution in [2.24, 2.45) is 0 Å². The number of ether oxygens (including phenoxy) is 2. The second-order valence-electron chi connectivity index (χ2n) is 6.60. The number of hydrogen-bond acceptors (Lipinski definition) is 5. The summed E-state index contributed by atoms with van der Waals surface area (Å²) in [7, 11) is 0. The van der Waals surface area contributed by atoms with Crippen molar-refractivity contribution in [2.45, 2.75) is 33.7 Å². The van der Waals surface area contributed by atoms with E-state index >= 15 is 0 Å². The average molecular weight is 394 g/mol. The summed E-state index contributed by atoms with van der Waals surface area (Å²) in [4.78, 5) is 13.0. The van der Waals surface area contributed by atoms with E-state index in [1.807, 2.05) is 69.3 Å². The third-order valence-electron chi connectivity index (χ3n) is 4.55. The van der Waals surface area contributed by atoms with Crippen LogP contribution in [0.5, 0.6) is 11.5 Å². The van der Waals surface area contributed by atoms with Crippen molar-refractivity contribution in [3.8, 4) is 22.8 Å². The lowest BCUT2D eigenvalue weighted by Gasteiger charge is -2.17. The van der Waals surface area contributed by atoms with E-state index in [-0.39, 0.29) is 11.9 Å². The molecule has 0 aliphatic heterocycles. The Morgan fingerprint density at radius 3 is 2.45 bits per heavy atom. The van der Waals surface area contributed by atoms with Crippen molar-refractivity contribution in [3.63, 3.8) is 0 Å². The van der Waals surface area contributed by atoms with Gasteiger partial charge in [0.2, 0.25) is 0 Å². The topological polar surface area (TPSA) is 73.6 Å². The lowest BCUT2D eigenvalue weighted by atomic mass is 10.0. The van der Waals surface area contributed by atoms with Crippen LogP contribution in [-0.4, -0.2) is 24.3 Å². The van der Waals surface area contributed by atoms with Gasteiger partial charge in [-0.25, -0.2) is 0 Å². The van der Waals surface area contributed by atoms with E-state index in [1.165, 1.54) is 0 Å². The average Bonchev–Trinajstić information content (AvgIpc) is 3.12. The van der Waals surface area contributed by atoms with Gasteiger partial charge in [-0.05, 0) is 45.4 Å². The summed E-state index contributed by atoms with van der Waals surface area (Å²) < 4.78 is 16.6. The van der Waals surface area contributed by atoms with Gasteiger partial charge >= 0.3 is 0 Å². The Bertz CT molecular complexity index is 966. The minimum absolute atomic E-state index is 0.234. The fraction of sp³-hybridized carbons (Fsp3) is 0.304. The monoisotopic (exact) mass is 394 g/mol. The Kier molecular flexibility index (Phi) is 6.54. The molecule has 3 aromatic rings. The predicted molar refractivity (Wildman–Crippen MR) is 111 cm³/mol. The summed E-state index contributed by atoms with van der Waals surface area (Å²) >= 11 is 0. The van der Waals surface area contributed by atoms with Crippen molar-refractivity contribution < 1.29 is 18.8 Å². The third-order valence-corrected chi connectivity index (χ3v) is 4.55. The summed E-state index contributed by atoms with van der Waals surface area (Å²) in [6.45, 7) is 8.61. The molecule has 0 radical (unpaired) electrons. The quantitative estimate of drug-likeness (QED) is 0.586. The number of benzene rings is 2.